The molecule has 0 heterocycles. The molecule has 0 saturated heterocycles. The molecule has 0 aliphatic carbocycles. The quantitative estimate of drug-likeness (QED) is 0.744. The molecule has 2 rings (SSSR count). The molecule has 0 saturated carbocycles. The molecule has 2 aromatic rings. The van der Waals surface area contributed by atoms with Crippen LogP contribution in [0.3, 0.4) is 0 Å². The van der Waals surface area contributed by atoms with Gasteiger partial charge in [0.25, 0.3) is 0 Å². The number of hydrogen-bond acceptors (Lipinski definition) is 1. The van der Waals surface area contributed by atoms with Crippen LogP contribution in [0.25, 0.3) is 12.2 Å². The Labute approximate surface area is 127 Å². The average molecular weight is 278 g/mol. The summed E-state index contributed by atoms with van der Waals surface area (Å²) in [6.45, 7) is 6.66. The lowest BCUT2D eigenvalue weighted by Crippen LogP contribution is -2.10. The van der Waals surface area contributed by atoms with Crippen molar-refractivity contribution in [3.63, 3.8) is 0 Å². The van der Waals surface area contributed by atoms with E-state index in [0.29, 0.717) is 5.75 Å². The zero-order chi connectivity index (χ0) is 15.3. The number of phenolic OH excluding ortho intramolecular Hbond substituents is 1. The van der Waals surface area contributed by atoms with Gasteiger partial charge in [-0.15, -0.1) is 0 Å². The van der Waals surface area contributed by atoms with Crippen LogP contribution in [0.1, 0.15) is 37.5 Å². The normalized spacial score (nSPS) is 12.3. The number of benzene rings is 2. The highest BCUT2D eigenvalue weighted by atomic mass is 16.3. The first-order chi connectivity index (χ1) is 9.95. The van der Waals surface area contributed by atoms with Crippen molar-refractivity contribution < 1.29 is 5.11 Å². The van der Waals surface area contributed by atoms with Gasteiger partial charge in [0.15, 0.2) is 0 Å². The van der Waals surface area contributed by atoms with Gasteiger partial charge in [-0.1, -0.05) is 81.5 Å². The second-order valence-corrected chi connectivity index (χ2v) is 6.18. The van der Waals surface area contributed by atoms with Gasteiger partial charge < -0.3 is 5.11 Å². The minimum absolute atomic E-state index is 0.195. The van der Waals surface area contributed by atoms with Crippen LogP contribution in [0.15, 0.2) is 60.7 Å². The number of allylic oxidation sites excluding steroid dienone is 2. The summed E-state index contributed by atoms with van der Waals surface area (Å²) in [5, 5.41) is 9.22. The Morgan fingerprint density at radius 3 is 1.57 bits per heavy atom. The molecule has 0 radical (unpaired) electrons. The molecule has 1 heteroatoms. The predicted octanol–water partition coefficient (Wildman–Crippen LogP) is 5.42. The smallest absolute Gasteiger partial charge is 0.115 e. The van der Waals surface area contributed by atoms with Crippen LogP contribution >= 0.6 is 0 Å². The van der Waals surface area contributed by atoms with E-state index >= 15 is 0 Å². The maximum atomic E-state index is 9.22. The van der Waals surface area contributed by atoms with Crippen molar-refractivity contribution in [2.24, 2.45) is 0 Å². The summed E-state index contributed by atoms with van der Waals surface area (Å²) in [6, 6.07) is 15.8. The molecule has 0 atom stereocenters. The van der Waals surface area contributed by atoms with Crippen molar-refractivity contribution in [2.45, 2.75) is 26.2 Å². The lowest BCUT2D eigenvalue weighted by Gasteiger charge is -2.18. The van der Waals surface area contributed by atoms with E-state index in [0.717, 1.165) is 5.56 Å². The molecule has 108 valence electrons. The van der Waals surface area contributed by atoms with Crippen molar-refractivity contribution in [3.05, 3.63) is 77.4 Å². The zero-order valence-corrected chi connectivity index (χ0v) is 12.9. The highest BCUT2D eigenvalue weighted by Crippen LogP contribution is 2.22. The van der Waals surface area contributed by atoms with E-state index in [-0.39, 0.29) is 5.41 Å². The van der Waals surface area contributed by atoms with E-state index in [9.17, 15) is 5.11 Å². The van der Waals surface area contributed by atoms with E-state index in [2.05, 4.69) is 51.1 Å². The van der Waals surface area contributed by atoms with Crippen LogP contribution in [0.2, 0.25) is 0 Å². The molecule has 0 aromatic heterocycles. The van der Waals surface area contributed by atoms with Gasteiger partial charge in [0, 0.05) is 0 Å². The molecule has 0 spiro atoms. The minimum Gasteiger partial charge on any atom is -0.508 e. The standard InChI is InChI=1S/C20H22O/c1-20(2,3)18-12-8-16(9-13-18)6-4-5-7-17-10-14-19(21)15-11-17/h4-15,21H,1-3H3. The summed E-state index contributed by atoms with van der Waals surface area (Å²) < 4.78 is 0. The molecule has 0 aliphatic heterocycles. The van der Waals surface area contributed by atoms with Crippen molar-refractivity contribution in [1.29, 1.82) is 0 Å². The molecular formula is C20H22O. The first-order valence-corrected chi connectivity index (χ1v) is 7.19. The van der Waals surface area contributed by atoms with Crippen molar-refractivity contribution in [3.8, 4) is 5.75 Å². The summed E-state index contributed by atoms with van der Waals surface area (Å²) >= 11 is 0. The van der Waals surface area contributed by atoms with Gasteiger partial charge in [0.1, 0.15) is 5.75 Å². The molecule has 1 N–H and O–H groups in total. The van der Waals surface area contributed by atoms with Crippen molar-refractivity contribution >= 4 is 12.2 Å². The van der Waals surface area contributed by atoms with Crippen LogP contribution in [-0.4, -0.2) is 5.11 Å². The van der Waals surface area contributed by atoms with Crippen LogP contribution in [0, 0.1) is 0 Å². The summed E-state index contributed by atoms with van der Waals surface area (Å²) in [5.74, 6) is 0.293. The maximum absolute atomic E-state index is 9.22. The fourth-order valence-corrected chi connectivity index (χ4v) is 2.01. The fourth-order valence-electron chi connectivity index (χ4n) is 2.01. The lowest BCUT2D eigenvalue weighted by molar-refractivity contribution is 0.475. The summed E-state index contributed by atoms with van der Waals surface area (Å²) in [7, 11) is 0. The Bertz CT molecular complexity index is 623. The third kappa shape index (κ3) is 4.64. The summed E-state index contributed by atoms with van der Waals surface area (Å²) in [4.78, 5) is 0. The Balaban J connectivity index is 1.99. The first kappa shape index (κ1) is 15.1. The molecule has 2 aromatic carbocycles. The summed E-state index contributed by atoms with van der Waals surface area (Å²) in [5.41, 5.74) is 3.80. The Morgan fingerprint density at radius 1 is 0.714 bits per heavy atom. The van der Waals surface area contributed by atoms with Crippen molar-refractivity contribution in [1.82, 2.24) is 0 Å². The van der Waals surface area contributed by atoms with Gasteiger partial charge in [-0.05, 0) is 34.2 Å². The number of aromatic hydroxyl groups is 1. The molecule has 0 amide bonds. The zero-order valence-electron chi connectivity index (χ0n) is 12.9. The molecule has 0 unspecified atom stereocenters. The Morgan fingerprint density at radius 2 is 1.14 bits per heavy atom. The Kier molecular flexibility index (Phi) is 4.64. The van der Waals surface area contributed by atoms with E-state index in [1.54, 1.807) is 12.1 Å². The molecule has 0 bridgehead atoms. The number of hydrogen-bond donors (Lipinski definition) is 1. The van der Waals surface area contributed by atoms with Crippen LogP contribution in [0.5, 0.6) is 5.75 Å². The van der Waals surface area contributed by atoms with E-state index < -0.39 is 0 Å². The van der Waals surface area contributed by atoms with Gasteiger partial charge in [-0.3, -0.25) is 0 Å². The fraction of sp³-hybridized carbons (Fsp3) is 0.200. The van der Waals surface area contributed by atoms with Gasteiger partial charge in [0.05, 0.1) is 0 Å². The van der Waals surface area contributed by atoms with Gasteiger partial charge >= 0.3 is 0 Å². The Hall–Kier alpha value is -2.28. The molecule has 1 nitrogen and oxygen atoms in total. The second-order valence-electron chi connectivity index (χ2n) is 6.18. The molecule has 0 aliphatic rings. The monoisotopic (exact) mass is 278 g/mol. The highest BCUT2D eigenvalue weighted by Gasteiger charge is 2.12. The third-order valence-corrected chi connectivity index (χ3v) is 3.36. The van der Waals surface area contributed by atoms with Crippen LogP contribution in [0.4, 0.5) is 0 Å². The van der Waals surface area contributed by atoms with E-state index in [1.165, 1.54) is 11.1 Å². The maximum Gasteiger partial charge on any atom is 0.115 e. The molecular weight excluding hydrogens is 256 g/mol. The molecule has 21 heavy (non-hydrogen) atoms. The van der Waals surface area contributed by atoms with Crippen molar-refractivity contribution in [2.75, 3.05) is 0 Å². The van der Waals surface area contributed by atoms with Crippen LogP contribution < -0.4 is 0 Å². The summed E-state index contributed by atoms with van der Waals surface area (Å²) in [6.07, 6.45) is 8.13. The van der Waals surface area contributed by atoms with Crippen LogP contribution in [-0.2, 0) is 5.41 Å². The first-order valence-electron chi connectivity index (χ1n) is 7.19. The molecule has 0 fully saturated rings. The van der Waals surface area contributed by atoms with E-state index in [1.807, 2.05) is 30.4 Å². The predicted molar refractivity (Wildman–Crippen MR) is 91.3 cm³/mol. The number of rotatable bonds is 3. The topological polar surface area (TPSA) is 20.2 Å². The lowest BCUT2D eigenvalue weighted by atomic mass is 9.87. The minimum atomic E-state index is 0.195. The SMILES string of the molecule is CC(C)(C)c1ccc(C=CC=Cc2ccc(O)cc2)cc1. The van der Waals surface area contributed by atoms with E-state index in [4.69, 9.17) is 0 Å². The largest absolute Gasteiger partial charge is 0.508 e. The van der Waals surface area contributed by atoms with Gasteiger partial charge in [-0.2, -0.15) is 0 Å². The number of phenols is 1. The van der Waals surface area contributed by atoms with Gasteiger partial charge in [0.2, 0.25) is 0 Å². The average Bonchev–Trinajstić information content (AvgIpc) is 2.45. The second kappa shape index (κ2) is 6.45. The highest BCUT2D eigenvalue weighted by molar-refractivity contribution is 5.57. The van der Waals surface area contributed by atoms with Gasteiger partial charge in [-0.25, -0.2) is 0 Å². The third-order valence-electron chi connectivity index (χ3n) is 3.36.